The van der Waals surface area contributed by atoms with Gasteiger partial charge in [-0.1, -0.05) is 30.9 Å². The third-order valence-electron chi connectivity index (χ3n) is 5.68. The van der Waals surface area contributed by atoms with Crippen molar-refractivity contribution in [1.29, 1.82) is 0 Å². The van der Waals surface area contributed by atoms with Crippen LogP contribution in [0.2, 0.25) is 0 Å². The van der Waals surface area contributed by atoms with Gasteiger partial charge in [-0.3, -0.25) is 4.79 Å². The number of carbonyl (C=O) groups is 2. The summed E-state index contributed by atoms with van der Waals surface area (Å²) in [6.45, 7) is 3.75. The fourth-order valence-corrected chi connectivity index (χ4v) is 4.13. The number of methoxy groups -OCH3 is 1. The third-order valence-corrected chi connectivity index (χ3v) is 5.68. The molecule has 2 N–H and O–H groups in total. The minimum absolute atomic E-state index is 0. The van der Waals surface area contributed by atoms with Gasteiger partial charge in [-0.2, -0.15) is 0 Å². The molecule has 0 unspecified atom stereocenters. The van der Waals surface area contributed by atoms with E-state index in [1.165, 1.54) is 7.11 Å². The van der Waals surface area contributed by atoms with Gasteiger partial charge in [-0.15, -0.1) is 17.5 Å². The van der Waals surface area contributed by atoms with Gasteiger partial charge in [-0.05, 0) is 45.7 Å². The molecule has 27 heavy (non-hydrogen) atoms. The molecule has 0 radical (unpaired) electrons. The predicted molar refractivity (Wildman–Crippen MR) is 103 cm³/mol. The lowest BCUT2D eigenvalue weighted by molar-refractivity contribution is -0.148. The Labute approximate surface area is 166 Å². The molecule has 0 spiro atoms. The molecular weight excluding hydrogens is 370 g/mol. The number of ether oxygens (including phenoxy) is 1. The van der Waals surface area contributed by atoms with Gasteiger partial charge in [0, 0.05) is 0 Å². The Bertz CT molecular complexity index is 649. The number of carbonyl (C=O) groups excluding carboxylic acids is 2. The lowest BCUT2D eigenvalue weighted by atomic mass is 9.90. The summed E-state index contributed by atoms with van der Waals surface area (Å²) in [7, 11) is 1.37. The first-order valence-corrected chi connectivity index (χ1v) is 9.61. The Kier molecular flexibility index (Phi) is 7.61. The van der Waals surface area contributed by atoms with E-state index in [1.807, 2.05) is 11.6 Å². The molecule has 0 aromatic carbocycles. The van der Waals surface area contributed by atoms with E-state index in [0.29, 0.717) is 18.5 Å². The van der Waals surface area contributed by atoms with Crippen LogP contribution in [0.25, 0.3) is 0 Å². The molecule has 1 aliphatic heterocycles. The number of nitrogens with one attached hydrogen (secondary N) is 2. The highest BCUT2D eigenvalue weighted by molar-refractivity contribution is 5.97. The normalized spacial score (nSPS) is 20.2. The van der Waals surface area contributed by atoms with Crippen LogP contribution in [0.15, 0.2) is 0 Å². The minimum Gasteiger partial charge on any atom is -0.467 e. The molecule has 0 bridgehead atoms. The first-order valence-electron chi connectivity index (χ1n) is 9.61. The van der Waals surface area contributed by atoms with Crippen molar-refractivity contribution in [3.05, 3.63) is 11.4 Å². The second kappa shape index (κ2) is 9.50. The predicted octanol–water partition coefficient (Wildman–Crippen LogP) is 1.93. The molecule has 8 nitrogen and oxygen atoms in total. The molecule has 152 valence electrons. The zero-order valence-corrected chi connectivity index (χ0v) is 16.9. The number of piperidine rings is 1. The Morgan fingerprint density at radius 2 is 1.81 bits per heavy atom. The number of amides is 1. The van der Waals surface area contributed by atoms with Crippen LogP contribution in [0.3, 0.4) is 0 Å². The van der Waals surface area contributed by atoms with Crippen molar-refractivity contribution >= 4 is 24.3 Å². The lowest BCUT2D eigenvalue weighted by Crippen LogP contribution is -2.55. The number of hydrogen-bond acceptors (Lipinski definition) is 6. The van der Waals surface area contributed by atoms with E-state index in [1.54, 1.807) is 0 Å². The maximum atomic E-state index is 12.9. The van der Waals surface area contributed by atoms with Crippen LogP contribution in [-0.4, -0.2) is 52.6 Å². The van der Waals surface area contributed by atoms with Crippen LogP contribution in [-0.2, 0) is 9.53 Å². The van der Waals surface area contributed by atoms with Crippen molar-refractivity contribution in [2.45, 2.75) is 69.9 Å². The maximum absolute atomic E-state index is 12.9. The van der Waals surface area contributed by atoms with E-state index < -0.39 is 5.54 Å². The standard InChI is InChI=1S/C18H29N5O3.ClH/c1-13-15(21-22-23(13)14-7-11-19-12-8-14)16(24)20-18(17(25)26-2)9-5-3-4-6-10-18;/h14,19H,3-12H2,1-2H3,(H,20,24);1H. The average Bonchev–Trinajstić information content (AvgIpc) is 2.89. The summed E-state index contributed by atoms with van der Waals surface area (Å²) in [5.74, 6) is -0.703. The maximum Gasteiger partial charge on any atom is 0.331 e. The molecule has 3 rings (SSSR count). The topological polar surface area (TPSA) is 98.1 Å². The molecule has 2 heterocycles. The Hall–Kier alpha value is -1.67. The van der Waals surface area contributed by atoms with Crippen LogP contribution in [0, 0.1) is 6.92 Å². The van der Waals surface area contributed by atoms with Gasteiger partial charge < -0.3 is 15.4 Å². The lowest BCUT2D eigenvalue weighted by Gasteiger charge is -2.30. The summed E-state index contributed by atoms with van der Waals surface area (Å²) < 4.78 is 6.87. The molecule has 1 amide bonds. The Morgan fingerprint density at radius 3 is 2.41 bits per heavy atom. The van der Waals surface area contributed by atoms with Gasteiger partial charge in [0.05, 0.1) is 18.8 Å². The third kappa shape index (κ3) is 4.60. The number of hydrogen-bond donors (Lipinski definition) is 2. The van der Waals surface area contributed by atoms with Gasteiger partial charge in [0.2, 0.25) is 0 Å². The number of halogens is 1. The molecule has 1 aromatic rings. The molecule has 1 aliphatic carbocycles. The zero-order valence-electron chi connectivity index (χ0n) is 16.1. The fourth-order valence-electron chi connectivity index (χ4n) is 4.13. The van der Waals surface area contributed by atoms with Crippen molar-refractivity contribution in [1.82, 2.24) is 25.6 Å². The van der Waals surface area contributed by atoms with Gasteiger partial charge >= 0.3 is 5.97 Å². The summed E-state index contributed by atoms with van der Waals surface area (Å²) in [6.07, 6.45) is 7.08. The van der Waals surface area contributed by atoms with Crippen LogP contribution < -0.4 is 10.6 Å². The zero-order chi connectivity index (χ0) is 18.6. The van der Waals surface area contributed by atoms with E-state index in [9.17, 15) is 9.59 Å². The molecule has 0 atom stereocenters. The monoisotopic (exact) mass is 399 g/mol. The van der Waals surface area contributed by atoms with Crippen molar-refractivity contribution in [2.75, 3.05) is 20.2 Å². The van der Waals surface area contributed by atoms with E-state index in [2.05, 4.69) is 20.9 Å². The number of esters is 1. The van der Waals surface area contributed by atoms with Crippen LogP contribution in [0.5, 0.6) is 0 Å². The fraction of sp³-hybridized carbons (Fsp3) is 0.778. The van der Waals surface area contributed by atoms with Crippen molar-refractivity contribution in [3.8, 4) is 0 Å². The minimum atomic E-state index is -0.951. The van der Waals surface area contributed by atoms with Gasteiger partial charge in [0.1, 0.15) is 5.54 Å². The van der Waals surface area contributed by atoms with E-state index in [0.717, 1.165) is 57.3 Å². The largest absolute Gasteiger partial charge is 0.467 e. The number of rotatable bonds is 4. The molecule has 1 saturated carbocycles. The number of nitrogens with zero attached hydrogens (tertiary/aromatic N) is 3. The molecule has 2 aliphatic rings. The van der Waals surface area contributed by atoms with Crippen LogP contribution in [0.4, 0.5) is 0 Å². The second-order valence-corrected chi connectivity index (χ2v) is 7.39. The average molecular weight is 400 g/mol. The molecule has 2 fully saturated rings. The summed E-state index contributed by atoms with van der Waals surface area (Å²) >= 11 is 0. The van der Waals surface area contributed by atoms with Gasteiger partial charge in [0.15, 0.2) is 5.69 Å². The van der Waals surface area contributed by atoms with E-state index in [-0.39, 0.29) is 30.3 Å². The molecule has 1 saturated heterocycles. The summed E-state index contributed by atoms with van der Waals surface area (Å²) in [5, 5.41) is 14.6. The quantitative estimate of drug-likeness (QED) is 0.593. The molecule has 9 heteroatoms. The molecular formula is C18H30ClN5O3. The second-order valence-electron chi connectivity index (χ2n) is 7.39. The van der Waals surface area contributed by atoms with Gasteiger partial charge in [-0.25, -0.2) is 9.48 Å². The summed E-state index contributed by atoms with van der Waals surface area (Å²) in [5.41, 5.74) is 0.104. The highest BCUT2D eigenvalue weighted by Crippen LogP contribution is 2.29. The smallest absolute Gasteiger partial charge is 0.331 e. The molecule has 1 aromatic heterocycles. The van der Waals surface area contributed by atoms with Gasteiger partial charge in [0.25, 0.3) is 5.91 Å². The first-order chi connectivity index (χ1) is 12.6. The van der Waals surface area contributed by atoms with Crippen LogP contribution >= 0.6 is 12.4 Å². The Morgan fingerprint density at radius 1 is 1.19 bits per heavy atom. The summed E-state index contributed by atoms with van der Waals surface area (Å²) in [6, 6.07) is 0.262. The highest BCUT2D eigenvalue weighted by atomic mass is 35.5. The van der Waals surface area contributed by atoms with Crippen molar-refractivity contribution < 1.29 is 14.3 Å². The van der Waals surface area contributed by atoms with Crippen molar-refractivity contribution in [2.24, 2.45) is 0 Å². The number of aromatic nitrogens is 3. The summed E-state index contributed by atoms with van der Waals surface area (Å²) in [4.78, 5) is 25.4. The highest BCUT2D eigenvalue weighted by Gasteiger charge is 2.42. The van der Waals surface area contributed by atoms with Crippen LogP contribution in [0.1, 0.15) is 73.6 Å². The van der Waals surface area contributed by atoms with E-state index >= 15 is 0 Å². The van der Waals surface area contributed by atoms with E-state index in [4.69, 9.17) is 4.74 Å². The Balaban J connectivity index is 0.00000261. The first kappa shape index (κ1) is 21.6. The SMILES string of the molecule is COC(=O)C1(NC(=O)c2nnn(C3CCNCC3)c2C)CCCCCC1.Cl. The van der Waals surface area contributed by atoms with Crippen molar-refractivity contribution in [3.63, 3.8) is 0 Å².